The molecule has 0 fully saturated rings. The molecule has 0 saturated carbocycles. The van der Waals surface area contributed by atoms with E-state index in [0.29, 0.717) is 0 Å². The van der Waals surface area contributed by atoms with Crippen LogP contribution in [0.25, 0.3) is 0 Å². The molecule has 4 nitrogen and oxygen atoms in total. The van der Waals surface area contributed by atoms with E-state index in [9.17, 15) is 0 Å². The summed E-state index contributed by atoms with van der Waals surface area (Å²) in [6.07, 6.45) is 0. The summed E-state index contributed by atoms with van der Waals surface area (Å²) in [5, 5.41) is 8.41. The van der Waals surface area contributed by atoms with Crippen molar-refractivity contribution in [2.45, 2.75) is 13.8 Å². The standard InChI is InChI=1S/C14H16N4/c1-9-8-12(4-5-13(9)16)17-18-14-6-3-11(15)7-10(14)2/h3-8H,15-16H2,1-2H3/b18-17+. The zero-order chi connectivity index (χ0) is 13.1. The molecule has 0 aromatic heterocycles. The zero-order valence-electron chi connectivity index (χ0n) is 10.5. The average Bonchev–Trinajstić information content (AvgIpc) is 2.32. The van der Waals surface area contributed by atoms with Gasteiger partial charge in [-0.25, -0.2) is 0 Å². The van der Waals surface area contributed by atoms with Gasteiger partial charge in [-0.1, -0.05) is 0 Å². The Morgan fingerprint density at radius 3 is 2.28 bits per heavy atom. The molecule has 2 aromatic rings. The number of azo groups is 1. The molecule has 18 heavy (non-hydrogen) atoms. The van der Waals surface area contributed by atoms with E-state index < -0.39 is 0 Å². The zero-order valence-corrected chi connectivity index (χ0v) is 10.5. The second kappa shape index (κ2) is 4.87. The highest BCUT2D eigenvalue weighted by atomic mass is 15.1. The maximum Gasteiger partial charge on any atom is 0.0887 e. The second-order valence-electron chi connectivity index (χ2n) is 4.29. The Morgan fingerprint density at radius 1 is 0.833 bits per heavy atom. The van der Waals surface area contributed by atoms with Gasteiger partial charge in [0.2, 0.25) is 0 Å². The van der Waals surface area contributed by atoms with Crippen molar-refractivity contribution in [3.63, 3.8) is 0 Å². The minimum Gasteiger partial charge on any atom is -0.399 e. The van der Waals surface area contributed by atoms with Crippen LogP contribution in [0.2, 0.25) is 0 Å². The molecule has 0 aliphatic heterocycles. The number of hydrogen-bond acceptors (Lipinski definition) is 4. The van der Waals surface area contributed by atoms with Gasteiger partial charge in [0.1, 0.15) is 0 Å². The second-order valence-corrected chi connectivity index (χ2v) is 4.29. The molecule has 0 unspecified atom stereocenters. The number of nitrogens with two attached hydrogens (primary N) is 2. The molecule has 4 heteroatoms. The lowest BCUT2D eigenvalue weighted by molar-refractivity contribution is 1.21. The lowest BCUT2D eigenvalue weighted by Crippen LogP contribution is -1.87. The van der Waals surface area contributed by atoms with Crippen LogP contribution in [0.1, 0.15) is 11.1 Å². The van der Waals surface area contributed by atoms with E-state index in [1.54, 1.807) is 0 Å². The number of nitrogens with zero attached hydrogens (tertiary/aromatic N) is 2. The Balaban J connectivity index is 2.27. The Kier molecular flexibility index (Phi) is 3.28. The SMILES string of the molecule is Cc1cc(/N=N/c2ccc(N)cc2C)ccc1N. The average molecular weight is 240 g/mol. The van der Waals surface area contributed by atoms with Crippen LogP contribution in [0.15, 0.2) is 46.6 Å². The van der Waals surface area contributed by atoms with Crippen molar-refractivity contribution in [3.05, 3.63) is 47.5 Å². The third-order valence-corrected chi connectivity index (χ3v) is 2.75. The molecule has 0 aliphatic carbocycles. The molecule has 92 valence electrons. The highest BCUT2D eigenvalue weighted by Crippen LogP contribution is 2.25. The smallest absolute Gasteiger partial charge is 0.0887 e. The van der Waals surface area contributed by atoms with Gasteiger partial charge in [0, 0.05) is 11.4 Å². The van der Waals surface area contributed by atoms with Crippen molar-refractivity contribution in [2.75, 3.05) is 11.5 Å². The van der Waals surface area contributed by atoms with Gasteiger partial charge in [-0.3, -0.25) is 0 Å². The van der Waals surface area contributed by atoms with E-state index in [1.165, 1.54) is 0 Å². The van der Waals surface area contributed by atoms with Crippen molar-refractivity contribution in [1.29, 1.82) is 0 Å². The highest BCUT2D eigenvalue weighted by molar-refractivity contribution is 5.56. The Labute approximate surface area is 106 Å². The Morgan fingerprint density at radius 2 is 1.61 bits per heavy atom. The summed E-state index contributed by atoms with van der Waals surface area (Å²) in [5.41, 5.74) is 16.5. The first-order chi connectivity index (χ1) is 8.56. The van der Waals surface area contributed by atoms with Crippen LogP contribution in [0.4, 0.5) is 22.7 Å². The summed E-state index contributed by atoms with van der Waals surface area (Å²) in [7, 11) is 0. The number of anilines is 2. The molecular weight excluding hydrogens is 224 g/mol. The van der Waals surface area contributed by atoms with Crippen LogP contribution in [0, 0.1) is 13.8 Å². The third-order valence-electron chi connectivity index (χ3n) is 2.75. The lowest BCUT2D eigenvalue weighted by atomic mass is 10.2. The summed E-state index contributed by atoms with van der Waals surface area (Å²) >= 11 is 0. The van der Waals surface area contributed by atoms with Gasteiger partial charge < -0.3 is 11.5 Å². The molecule has 0 amide bonds. The van der Waals surface area contributed by atoms with Gasteiger partial charge >= 0.3 is 0 Å². The molecular formula is C14H16N4. The largest absolute Gasteiger partial charge is 0.399 e. The Bertz CT molecular complexity index is 603. The number of nitrogen functional groups attached to an aromatic ring is 2. The van der Waals surface area contributed by atoms with E-state index in [-0.39, 0.29) is 0 Å². The van der Waals surface area contributed by atoms with Gasteiger partial charge in [-0.15, -0.1) is 0 Å². The number of hydrogen-bond donors (Lipinski definition) is 2. The summed E-state index contributed by atoms with van der Waals surface area (Å²) in [5.74, 6) is 0. The molecule has 4 N–H and O–H groups in total. The van der Waals surface area contributed by atoms with Crippen molar-refractivity contribution < 1.29 is 0 Å². The fraction of sp³-hybridized carbons (Fsp3) is 0.143. The van der Waals surface area contributed by atoms with Crippen LogP contribution in [-0.4, -0.2) is 0 Å². The van der Waals surface area contributed by atoms with Crippen LogP contribution < -0.4 is 11.5 Å². The number of benzene rings is 2. The van der Waals surface area contributed by atoms with Gasteiger partial charge in [0.05, 0.1) is 11.4 Å². The van der Waals surface area contributed by atoms with Crippen LogP contribution in [-0.2, 0) is 0 Å². The quantitative estimate of drug-likeness (QED) is 0.617. The Hall–Kier alpha value is -2.36. The summed E-state index contributed by atoms with van der Waals surface area (Å²) in [6, 6.07) is 11.1. The van der Waals surface area contributed by atoms with Crippen LogP contribution in [0.5, 0.6) is 0 Å². The van der Waals surface area contributed by atoms with Gasteiger partial charge in [-0.05, 0) is 61.4 Å². The monoisotopic (exact) mass is 240 g/mol. The van der Waals surface area contributed by atoms with E-state index in [4.69, 9.17) is 11.5 Å². The molecule has 0 heterocycles. The molecule has 0 spiro atoms. The van der Waals surface area contributed by atoms with Crippen LogP contribution >= 0.6 is 0 Å². The van der Waals surface area contributed by atoms with Crippen molar-refractivity contribution in [1.82, 2.24) is 0 Å². The first-order valence-electron chi connectivity index (χ1n) is 5.70. The minimum absolute atomic E-state index is 0.731. The van der Waals surface area contributed by atoms with Crippen molar-refractivity contribution in [2.24, 2.45) is 10.2 Å². The lowest BCUT2D eigenvalue weighted by Gasteiger charge is -2.01. The molecule has 0 aliphatic rings. The van der Waals surface area contributed by atoms with E-state index in [1.807, 2.05) is 50.2 Å². The van der Waals surface area contributed by atoms with E-state index in [0.717, 1.165) is 33.9 Å². The normalized spacial score (nSPS) is 11.0. The predicted molar refractivity (Wildman–Crippen MR) is 75.4 cm³/mol. The fourth-order valence-electron chi connectivity index (χ4n) is 1.62. The maximum atomic E-state index is 5.75. The predicted octanol–water partition coefficient (Wildman–Crippen LogP) is 3.88. The first-order valence-corrected chi connectivity index (χ1v) is 5.70. The topological polar surface area (TPSA) is 76.8 Å². The van der Waals surface area contributed by atoms with E-state index in [2.05, 4.69) is 10.2 Å². The molecule has 0 radical (unpaired) electrons. The summed E-state index contributed by atoms with van der Waals surface area (Å²) < 4.78 is 0. The highest BCUT2D eigenvalue weighted by Gasteiger charge is 1.98. The maximum absolute atomic E-state index is 5.75. The van der Waals surface area contributed by atoms with Crippen LogP contribution in [0.3, 0.4) is 0 Å². The molecule has 0 atom stereocenters. The molecule has 2 aromatic carbocycles. The van der Waals surface area contributed by atoms with Gasteiger partial charge in [0.15, 0.2) is 0 Å². The van der Waals surface area contributed by atoms with Gasteiger partial charge in [-0.2, -0.15) is 10.2 Å². The van der Waals surface area contributed by atoms with Crippen molar-refractivity contribution >= 4 is 22.7 Å². The van der Waals surface area contributed by atoms with Crippen molar-refractivity contribution in [3.8, 4) is 0 Å². The summed E-state index contributed by atoms with van der Waals surface area (Å²) in [6.45, 7) is 3.90. The van der Waals surface area contributed by atoms with E-state index >= 15 is 0 Å². The third kappa shape index (κ3) is 2.66. The number of aryl methyl sites for hydroxylation is 2. The fourth-order valence-corrected chi connectivity index (χ4v) is 1.62. The number of rotatable bonds is 2. The molecule has 0 saturated heterocycles. The van der Waals surface area contributed by atoms with Gasteiger partial charge in [0.25, 0.3) is 0 Å². The molecule has 0 bridgehead atoms. The molecule has 2 rings (SSSR count). The summed E-state index contributed by atoms with van der Waals surface area (Å²) in [4.78, 5) is 0. The minimum atomic E-state index is 0.731. The first kappa shape index (κ1) is 12.1.